The molecule has 232 valence electrons. The molecular formula is C28H50NO10P. The Bertz CT molecular complexity index is 786. The van der Waals surface area contributed by atoms with E-state index in [-0.39, 0.29) is 19.1 Å². The van der Waals surface area contributed by atoms with Crippen molar-refractivity contribution < 1.29 is 48.4 Å². The molecule has 0 aliphatic carbocycles. The number of esters is 1. The van der Waals surface area contributed by atoms with Crippen molar-refractivity contribution in [2.45, 2.75) is 96.5 Å². The van der Waals surface area contributed by atoms with Crippen molar-refractivity contribution >= 4 is 25.5 Å². The van der Waals surface area contributed by atoms with Gasteiger partial charge >= 0.3 is 25.5 Å². The Morgan fingerprint density at radius 2 is 1.40 bits per heavy atom. The van der Waals surface area contributed by atoms with E-state index in [9.17, 15) is 28.9 Å². The third-order valence-electron chi connectivity index (χ3n) is 6.04. The van der Waals surface area contributed by atoms with Gasteiger partial charge < -0.3 is 29.5 Å². The molecule has 0 saturated heterocycles. The van der Waals surface area contributed by atoms with E-state index in [1.807, 2.05) is 6.08 Å². The van der Waals surface area contributed by atoms with Crippen LogP contribution in [0.1, 0.15) is 90.4 Å². The maximum atomic E-state index is 12.2. The van der Waals surface area contributed by atoms with Gasteiger partial charge in [-0.3, -0.25) is 19.1 Å². The SMILES string of the molecule is CCCCCCCCCCCCCC=CC=CC(=O)O[C@@H](CO)COP(=O)(O)CCCN(CC(=O)O)CC(=O)O. The zero-order valence-corrected chi connectivity index (χ0v) is 24.8. The van der Waals surface area contributed by atoms with E-state index in [2.05, 4.69) is 6.92 Å². The van der Waals surface area contributed by atoms with Crippen LogP contribution >= 0.6 is 7.60 Å². The number of unbranched alkanes of at least 4 members (excludes halogenated alkanes) is 11. The molecule has 0 radical (unpaired) electrons. The maximum Gasteiger partial charge on any atom is 0.331 e. The van der Waals surface area contributed by atoms with Gasteiger partial charge in [0.05, 0.1) is 32.5 Å². The molecule has 0 amide bonds. The van der Waals surface area contributed by atoms with Crippen LogP contribution in [0.15, 0.2) is 24.3 Å². The van der Waals surface area contributed by atoms with Crippen molar-refractivity contribution in [3.8, 4) is 0 Å². The van der Waals surface area contributed by atoms with Crippen molar-refractivity contribution in [2.75, 3.05) is 39.0 Å². The minimum Gasteiger partial charge on any atom is -0.480 e. The number of carboxylic acid groups (broad SMARTS) is 2. The molecule has 0 aliphatic rings. The van der Waals surface area contributed by atoms with Crippen LogP contribution in [0, 0.1) is 0 Å². The molecule has 0 heterocycles. The number of ether oxygens (including phenoxy) is 1. The molecule has 0 aromatic heterocycles. The van der Waals surface area contributed by atoms with Crippen molar-refractivity contribution in [1.29, 1.82) is 0 Å². The van der Waals surface area contributed by atoms with Crippen LogP contribution in [-0.2, 0) is 28.2 Å². The second-order valence-corrected chi connectivity index (χ2v) is 11.8. The highest BCUT2D eigenvalue weighted by Gasteiger charge is 2.24. The lowest BCUT2D eigenvalue weighted by atomic mass is 10.1. The number of nitrogens with zero attached hydrogens (tertiary/aromatic N) is 1. The highest BCUT2D eigenvalue weighted by atomic mass is 31.2. The molecule has 0 rings (SSSR count). The summed E-state index contributed by atoms with van der Waals surface area (Å²) in [5.74, 6) is -3.16. The summed E-state index contributed by atoms with van der Waals surface area (Å²) in [7, 11) is -4.13. The molecule has 0 aromatic rings. The maximum absolute atomic E-state index is 12.2. The van der Waals surface area contributed by atoms with Crippen molar-refractivity contribution in [2.24, 2.45) is 0 Å². The Morgan fingerprint density at radius 3 is 1.93 bits per heavy atom. The van der Waals surface area contributed by atoms with Gasteiger partial charge in [0.25, 0.3) is 0 Å². The summed E-state index contributed by atoms with van der Waals surface area (Å²) in [6.07, 6.45) is 20.0. The summed E-state index contributed by atoms with van der Waals surface area (Å²) in [5.41, 5.74) is 0. The Kier molecular flexibility index (Phi) is 23.5. The highest BCUT2D eigenvalue weighted by Crippen LogP contribution is 2.42. The van der Waals surface area contributed by atoms with E-state index in [4.69, 9.17) is 19.5 Å². The smallest absolute Gasteiger partial charge is 0.331 e. The molecule has 2 atom stereocenters. The quantitative estimate of drug-likeness (QED) is 0.0341. The Morgan fingerprint density at radius 1 is 0.850 bits per heavy atom. The average Bonchev–Trinajstić information content (AvgIpc) is 2.88. The van der Waals surface area contributed by atoms with Crippen LogP contribution in [0.5, 0.6) is 0 Å². The van der Waals surface area contributed by atoms with Crippen LogP contribution in [0.3, 0.4) is 0 Å². The van der Waals surface area contributed by atoms with E-state index in [0.29, 0.717) is 0 Å². The van der Waals surface area contributed by atoms with Gasteiger partial charge in [-0.2, -0.15) is 0 Å². The molecule has 0 saturated carbocycles. The third-order valence-corrected chi connectivity index (χ3v) is 7.47. The number of hydrogen-bond acceptors (Lipinski definition) is 8. The van der Waals surface area contributed by atoms with Crippen molar-refractivity contribution in [3.05, 3.63) is 24.3 Å². The first-order valence-electron chi connectivity index (χ1n) is 14.4. The van der Waals surface area contributed by atoms with Crippen LogP contribution in [-0.4, -0.2) is 88.1 Å². The van der Waals surface area contributed by atoms with Crippen LogP contribution in [0.2, 0.25) is 0 Å². The molecule has 11 nitrogen and oxygen atoms in total. The average molecular weight is 592 g/mol. The number of rotatable bonds is 27. The fourth-order valence-electron chi connectivity index (χ4n) is 3.92. The van der Waals surface area contributed by atoms with Gasteiger partial charge in [0.15, 0.2) is 0 Å². The minimum absolute atomic E-state index is 0.00613. The first-order valence-corrected chi connectivity index (χ1v) is 16.1. The number of carbonyl (C=O) groups excluding carboxylic acids is 1. The van der Waals surface area contributed by atoms with E-state index in [1.165, 1.54) is 76.4 Å². The van der Waals surface area contributed by atoms with Gasteiger partial charge in [0.1, 0.15) is 6.10 Å². The molecule has 4 N–H and O–H groups in total. The number of aliphatic hydroxyl groups is 1. The molecule has 12 heteroatoms. The van der Waals surface area contributed by atoms with Crippen LogP contribution in [0.25, 0.3) is 0 Å². The predicted molar refractivity (Wildman–Crippen MR) is 153 cm³/mol. The normalized spacial score (nSPS) is 14.1. The fourth-order valence-corrected chi connectivity index (χ4v) is 4.99. The lowest BCUT2D eigenvalue weighted by molar-refractivity contribution is -0.147. The standard InChI is InChI=1S/C28H50NO10P/c1-2-3-4-5-6-7-8-9-10-11-12-13-14-15-16-18-28(35)39-25(23-30)24-38-40(36,37)20-17-19-29(21-26(31)32)22-27(33)34/h14-16,18,25,30H,2-13,17,19-24H2,1H3,(H,31,32)(H,33,34)(H,36,37)/t25-/m0/s1. The predicted octanol–water partition coefficient (Wildman–Crippen LogP) is 4.77. The van der Waals surface area contributed by atoms with Crippen molar-refractivity contribution in [3.63, 3.8) is 0 Å². The summed E-state index contributed by atoms with van der Waals surface area (Å²) >= 11 is 0. The molecule has 0 aromatic carbocycles. The summed E-state index contributed by atoms with van der Waals surface area (Å²) in [4.78, 5) is 44.7. The monoisotopic (exact) mass is 591 g/mol. The molecule has 0 spiro atoms. The van der Waals surface area contributed by atoms with E-state index < -0.39 is 57.9 Å². The highest BCUT2D eigenvalue weighted by molar-refractivity contribution is 7.52. The second kappa shape index (κ2) is 24.7. The first kappa shape index (κ1) is 38.0. The van der Waals surface area contributed by atoms with Gasteiger partial charge in [0.2, 0.25) is 0 Å². The number of carboxylic acids is 2. The summed E-state index contributed by atoms with van der Waals surface area (Å²) in [6.45, 7) is 0.0330. The Hall–Kier alpha value is -2.04. The lowest BCUT2D eigenvalue weighted by Gasteiger charge is -2.20. The summed E-state index contributed by atoms with van der Waals surface area (Å²) in [5, 5.41) is 27.1. The number of aliphatic hydroxyl groups excluding tert-OH is 1. The number of carbonyl (C=O) groups is 3. The Labute approximate surface area is 238 Å². The number of hydrogen-bond donors (Lipinski definition) is 4. The molecule has 40 heavy (non-hydrogen) atoms. The zero-order chi connectivity index (χ0) is 30.1. The first-order chi connectivity index (χ1) is 19.1. The third kappa shape index (κ3) is 25.0. The number of aliphatic carboxylic acids is 2. The zero-order valence-electron chi connectivity index (χ0n) is 24.0. The molecule has 0 aliphatic heterocycles. The van der Waals surface area contributed by atoms with Gasteiger partial charge in [-0.05, 0) is 25.8 Å². The molecule has 0 bridgehead atoms. The lowest BCUT2D eigenvalue weighted by Crippen LogP contribution is -2.35. The summed E-state index contributed by atoms with van der Waals surface area (Å²) in [6, 6.07) is 0. The van der Waals surface area contributed by atoms with Crippen LogP contribution in [0.4, 0.5) is 0 Å². The van der Waals surface area contributed by atoms with Gasteiger partial charge in [-0.25, -0.2) is 4.79 Å². The second-order valence-electron chi connectivity index (χ2n) is 9.86. The van der Waals surface area contributed by atoms with E-state index in [0.717, 1.165) is 17.7 Å². The largest absolute Gasteiger partial charge is 0.480 e. The van der Waals surface area contributed by atoms with Gasteiger partial charge in [0, 0.05) is 6.08 Å². The van der Waals surface area contributed by atoms with E-state index in [1.54, 1.807) is 6.08 Å². The summed E-state index contributed by atoms with van der Waals surface area (Å²) < 4.78 is 22.2. The topological polar surface area (TPSA) is 171 Å². The minimum atomic E-state index is -4.13. The fraction of sp³-hybridized carbons (Fsp3) is 0.750. The van der Waals surface area contributed by atoms with Crippen LogP contribution < -0.4 is 0 Å². The Balaban J connectivity index is 4.10. The van der Waals surface area contributed by atoms with E-state index >= 15 is 0 Å². The molecule has 1 unspecified atom stereocenters. The molecular weight excluding hydrogens is 541 g/mol. The number of allylic oxidation sites excluding steroid dienone is 3. The van der Waals surface area contributed by atoms with Gasteiger partial charge in [-0.15, -0.1) is 0 Å². The van der Waals surface area contributed by atoms with Crippen molar-refractivity contribution in [1.82, 2.24) is 4.90 Å². The molecule has 0 fully saturated rings. The van der Waals surface area contributed by atoms with Gasteiger partial charge in [-0.1, -0.05) is 89.4 Å².